The fourth-order valence-electron chi connectivity index (χ4n) is 4.59. The van der Waals surface area contributed by atoms with E-state index < -0.39 is 23.9 Å². The number of methoxy groups -OCH3 is 1. The number of nitrogens with zero attached hydrogens (tertiary/aromatic N) is 2. The van der Waals surface area contributed by atoms with E-state index in [2.05, 4.69) is 10.6 Å². The van der Waals surface area contributed by atoms with Gasteiger partial charge in [-0.3, -0.25) is 18.8 Å². The number of hydrogen-bond acceptors (Lipinski definition) is 6. The Balaban J connectivity index is 1.51. The van der Waals surface area contributed by atoms with Gasteiger partial charge in [0.2, 0.25) is 0 Å². The van der Waals surface area contributed by atoms with E-state index in [-0.39, 0.29) is 13.0 Å². The summed E-state index contributed by atoms with van der Waals surface area (Å²) in [5.74, 6) is -1.30. The van der Waals surface area contributed by atoms with Crippen molar-refractivity contribution in [1.82, 2.24) is 14.7 Å². The third kappa shape index (κ3) is 5.63. The Kier molecular flexibility index (Phi) is 7.46. The summed E-state index contributed by atoms with van der Waals surface area (Å²) in [5, 5.41) is 17.5. The van der Waals surface area contributed by atoms with E-state index in [0.29, 0.717) is 28.3 Å². The van der Waals surface area contributed by atoms with Crippen LogP contribution in [0.3, 0.4) is 0 Å². The van der Waals surface area contributed by atoms with E-state index >= 15 is 0 Å². The molecule has 0 saturated carbocycles. The van der Waals surface area contributed by atoms with Crippen molar-refractivity contribution in [2.75, 3.05) is 19.0 Å². The first kappa shape index (κ1) is 26.4. The number of pyridine rings is 1. The minimum atomic E-state index is -1.02. The zero-order valence-electron chi connectivity index (χ0n) is 22.0. The lowest BCUT2D eigenvalue weighted by atomic mass is 10.0. The van der Waals surface area contributed by atoms with Gasteiger partial charge in [0, 0.05) is 17.3 Å². The summed E-state index contributed by atoms with van der Waals surface area (Å²) < 4.78 is 6.56. The van der Waals surface area contributed by atoms with Crippen molar-refractivity contribution in [1.29, 1.82) is 0 Å². The molecule has 0 aliphatic heterocycles. The second kappa shape index (κ2) is 11.3. The SMILES string of the molecule is COC(=O)CNc1c(-c2ccc3ccccc3c2)nc2cc(C(=O)NC(CC(=O)O)c3ccc(C)cc3)ccn12. The number of nitrogens with one attached hydrogen (secondary N) is 2. The van der Waals surface area contributed by atoms with Crippen LogP contribution in [0.5, 0.6) is 0 Å². The lowest BCUT2D eigenvalue weighted by Crippen LogP contribution is -2.30. The molecular formula is C31H28N4O5. The molecule has 3 aromatic carbocycles. The molecule has 0 radical (unpaired) electrons. The topological polar surface area (TPSA) is 122 Å². The van der Waals surface area contributed by atoms with Gasteiger partial charge >= 0.3 is 11.9 Å². The van der Waals surface area contributed by atoms with E-state index in [0.717, 1.165) is 21.9 Å². The zero-order chi connectivity index (χ0) is 28.2. The molecule has 5 aromatic rings. The molecule has 0 fully saturated rings. The Morgan fingerprint density at radius 3 is 2.45 bits per heavy atom. The highest BCUT2D eigenvalue weighted by atomic mass is 16.5. The van der Waals surface area contributed by atoms with Crippen LogP contribution in [0.4, 0.5) is 5.82 Å². The van der Waals surface area contributed by atoms with Crippen LogP contribution in [0.1, 0.15) is 33.9 Å². The van der Waals surface area contributed by atoms with Gasteiger partial charge in [0.25, 0.3) is 5.91 Å². The molecule has 0 aliphatic carbocycles. The molecular weight excluding hydrogens is 508 g/mol. The summed E-state index contributed by atoms with van der Waals surface area (Å²) in [6, 6.07) is 23.9. The van der Waals surface area contributed by atoms with E-state index in [1.807, 2.05) is 73.7 Å². The third-order valence-corrected chi connectivity index (χ3v) is 6.70. The number of fused-ring (bicyclic) bond motifs is 2. The Labute approximate surface area is 230 Å². The van der Waals surface area contributed by atoms with Crippen LogP contribution in [0.2, 0.25) is 0 Å². The summed E-state index contributed by atoms with van der Waals surface area (Å²) >= 11 is 0. The van der Waals surface area contributed by atoms with Gasteiger partial charge in [-0.2, -0.15) is 0 Å². The number of rotatable bonds is 9. The molecule has 0 bridgehead atoms. The first-order valence-corrected chi connectivity index (χ1v) is 12.7. The smallest absolute Gasteiger partial charge is 0.325 e. The summed E-state index contributed by atoms with van der Waals surface area (Å²) in [6.45, 7) is 1.87. The van der Waals surface area contributed by atoms with Gasteiger partial charge in [0.15, 0.2) is 0 Å². The van der Waals surface area contributed by atoms with E-state index in [1.54, 1.807) is 22.7 Å². The molecule has 202 valence electrons. The number of amides is 1. The number of aryl methyl sites for hydroxylation is 1. The van der Waals surface area contributed by atoms with Crippen molar-refractivity contribution in [3.8, 4) is 11.3 Å². The standard InChI is InChI=1S/C31H28N4O5/c1-19-7-9-21(10-8-19)25(17-27(36)37)33-31(39)24-13-14-35-26(16-24)34-29(30(35)32-18-28(38)40-2)23-12-11-20-5-3-4-6-22(20)15-23/h3-16,25,32H,17-18H2,1-2H3,(H,33,39)(H,36,37). The second-order valence-electron chi connectivity index (χ2n) is 9.48. The minimum Gasteiger partial charge on any atom is -0.481 e. The van der Waals surface area contributed by atoms with Crippen LogP contribution in [0.15, 0.2) is 85.1 Å². The monoisotopic (exact) mass is 536 g/mol. The first-order chi connectivity index (χ1) is 19.3. The fourth-order valence-corrected chi connectivity index (χ4v) is 4.59. The molecule has 1 amide bonds. The average Bonchev–Trinajstić information content (AvgIpc) is 3.33. The summed E-state index contributed by atoms with van der Waals surface area (Å²) in [6.07, 6.45) is 1.44. The molecule has 2 heterocycles. The average molecular weight is 537 g/mol. The number of hydrogen-bond donors (Lipinski definition) is 3. The first-order valence-electron chi connectivity index (χ1n) is 12.7. The van der Waals surface area contributed by atoms with Crippen molar-refractivity contribution in [3.63, 3.8) is 0 Å². The predicted octanol–water partition coefficient (Wildman–Crippen LogP) is 4.99. The van der Waals surface area contributed by atoms with Crippen molar-refractivity contribution >= 4 is 40.1 Å². The summed E-state index contributed by atoms with van der Waals surface area (Å²) in [5.41, 5.74) is 3.99. The van der Waals surface area contributed by atoms with Gasteiger partial charge in [-0.05, 0) is 41.5 Å². The largest absolute Gasteiger partial charge is 0.481 e. The maximum absolute atomic E-state index is 13.3. The van der Waals surface area contributed by atoms with E-state index in [1.165, 1.54) is 7.11 Å². The Morgan fingerprint density at radius 1 is 0.975 bits per heavy atom. The van der Waals surface area contributed by atoms with Gasteiger partial charge in [0.05, 0.1) is 19.6 Å². The summed E-state index contributed by atoms with van der Waals surface area (Å²) in [4.78, 5) is 41.5. The summed E-state index contributed by atoms with van der Waals surface area (Å²) in [7, 11) is 1.32. The van der Waals surface area contributed by atoms with Crippen LogP contribution in [0.25, 0.3) is 27.7 Å². The van der Waals surface area contributed by atoms with Gasteiger partial charge in [-0.1, -0.05) is 66.2 Å². The van der Waals surface area contributed by atoms with Crippen LogP contribution in [0, 0.1) is 6.92 Å². The van der Waals surface area contributed by atoms with Crippen LogP contribution in [-0.4, -0.2) is 46.0 Å². The Morgan fingerprint density at radius 2 is 1.73 bits per heavy atom. The van der Waals surface area contributed by atoms with Crippen LogP contribution < -0.4 is 10.6 Å². The quantitative estimate of drug-likeness (QED) is 0.227. The minimum absolute atomic E-state index is 0.0689. The van der Waals surface area contributed by atoms with Gasteiger partial charge in [0.1, 0.15) is 23.7 Å². The highest BCUT2D eigenvalue weighted by molar-refractivity contribution is 5.96. The second-order valence-corrected chi connectivity index (χ2v) is 9.48. The number of aliphatic carboxylic acids is 1. The molecule has 0 aliphatic rings. The predicted molar refractivity (Wildman–Crippen MR) is 152 cm³/mol. The number of carboxylic acids is 1. The number of ether oxygens (including phenoxy) is 1. The number of aromatic nitrogens is 2. The fraction of sp³-hybridized carbons (Fsp3) is 0.161. The van der Waals surface area contributed by atoms with Gasteiger partial charge < -0.3 is 20.5 Å². The maximum Gasteiger partial charge on any atom is 0.325 e. The van der Waals surface area contributed by atoms with E-state index in [4.69, 9.17) is 9.72 Å². The molecule has 0 saturated heterocycles. The number of anilines is 1. The number of imidazole rings is 1. The van der Waals surface area contributed by atoms with Crippen LogP contribution >= 0.6 is 0 Å². The highest BCUT2D eigenvalue weighted by Gasteiger charge is 2.21. The number of benzene rings is 3. The highest BCUT2D eigenvalue weighted by Crippen LogP contribution is 2.31. The molecule has 5 rings (SSSR count). The number of carbonyl (C=O) groups is 3. The van der Waals surface area contributed by atoms with Crippen molar-refractivity contribution < 1.29 is 24.2 Å². The van der Waals surface area contributed by atoms with Crippen LogP contribution in [-0.2, 0) is 14.3 Å². The normalized spacial score (nSPS) is 11.8. The molecule has 9 nitrogen and oxygen atoms in total. The molecule has 2 aromatic heterocycles. The molecule has 9 heteroatoms. The zero-order valence-corrected chi connectivity index (χ0v) is 22.0. The third-order valence-electron chi connectivity index (χ3n) is 6.70. The van der Waals surface area contributed by atoms with Gasteiger partial charge in [-0.15, -0.1) is 0 Å². The van der Waals surface area contributed by atoms with Crippen molar-refractivity contribution in [3.05, 3.63) is 102 Å². The Bertz CT molecular complexity index is 1730. The molecule has 40 heavy (non-hydrogen) atoms. The molecule has 1 atom stereocenters. The lowest BCUT2D eigenvalue weighted by molar-refractivity contribution is -0.139. The van der Waals surface area contributed by atoms with E-state index in [9.17, 15) is 19.5 Å². The molecule has 0 spiro atoms. The lowest BCUT2D eigenvalue weighted by Gasteiger charge is -2.18. The van der Waals surface area contributed by atoms with Crippen molar-refractivity contribution in [2.45, 2.75) is 19.4 Å². The van der Waals surface area contributed by atoms with Crippen molar-refractivity contribution in [2.24, 2.45) is 0 Å². The number of carboxylic acid groups (broad SMARTS) is 1. The number of esters is 1. The van der Waals surface area contributed by atoms with Gasteiger partial charge in [-0.25, -0.2) is 4.98 Å². The molecule has 1 unspecified atom stereocenters. The maximum atomic E-state index is 13.3. The molecule has 3 N–H and O–H groups in total. The number of carbonyl (C=O) groups excluding carboxylic acids is 2. The Hall–Kier alpha value is -5.18.